The van der Waals surface area contributed by atoms with E-state index in [9.17, 15) is 5.11 Å². The van der Waals surface area contributed by atoms with E-state index >= 15 is 0 Å². The molecule has 0 unspecified atom stereocenters. The number of aliphatic hydroxyl groups is 1. The maximum absolute atomic E-state index is 11.9. The molecule has 4 heteroatoms. The molecule has 0 aliphatic heterocycles. The summed E-state index contributed by atoms with van der Waals surface area (Å²) in [6.07, 6.45) is 0. The molecule has 2 nitrogen and oxygen atoms in total. The first-order valence-corrected chi connectivity index (χ1v) is 16.6. The van der Waals surface area contributed by atoms with Gasteiger partial charge in [-0.1, -0.05) is 115 Å². The third-order valence-corrected chi connectivity index (χ3v) is 10.9. The second-order valence-electron chi connectivity index (χ2n) is 11.0. The fraction of sp³-hybridized carbons (Fsp3) is 0.0238. The molecular formula is C42H32NOPPt. The van der Waals surface area contributed by atoms with Gasteiger partial charge in [0.1, 0.15) is 15.9 Å². The van der Waals surface area contributed by atoms with Crippen LogP contribution < -0.4 is 15.9 Å². The van der Waals surface area contributed by atoms with Gasteiger partial charge in [0.2, 0.25) is 0 Å². The van der Waals surface area contributed by atoms with Crippen molar-refractivity contribution in [1.29, 1.82) is 0 Å². The Morgan fingerprint density at radius 1 is 0.478 bits per heavy atom. The van der Waals surface area contributed by atoms with E-state index in [0.717, 1.165) is 33.5 Å². The molecule has 8 rings (SSSR count). The molecule has 0 radical (unpaired) electrons. The van der Waals surface area contributed by atoms with Gasteiger partial charge in [-0.3, -0.25) is 4.98 Å². The van der Waals surface area contributed by atoms with E-state index in [1.807, 2.05) is 78.9 Å². The van der Waals surface area contributed by atoms with Gasteiger partial charge in [-0.2, -0.15) is 0 Å². The topological polar surface area (TPSA) is 33.1 Å². The third-order valence-electron chi connectivity index (χ3n) is 8.22. The Labute approximate surface area is 286 Å². The van der Waals surface area contributed by atoms with Crippen LogP contribution in [0.5, 0.6) is 0 Å². The normalized spacial score (nSPS) is 12.2. The van der Waals surface area contributed by atoms with E-state index in [1.165, 1.54) is 15.9 Å². The van der Waals surface area contributed by atoms with Crippen LogP contribution in [0.3, 0.4) is 0 Å². The van der Waals surface area contributed by atoms with Gasteiger partial charge in [-0.15, -0.1) is 35.9 Å². The van der Waals surface area contributed by atoms with Crippen molar-refractivity contribution in [2.75, 3.05) is 0 Å². The first kappa shape index (κ1) is 31.5. The maximum Gasteiger partial charge on any atom is 0.157 e. The first-order valence-electron chi connectivity index (χ1n) is 15.1. The minimum atomic E-state index is -1.25. The Bertz CT molecular complexity index is 1880. The van der Waals surface area contributed by atoms with E-state index in [4.69, 9.17) is 4.98 Å². The van der Waals surface area contributed by atoms with Crippen molar-refractivity contribution in [1.82, 2.24) is 4.98 Å². The molecular weight excluding hydrogens is 761 g/mol. The molecule has 226 valence electrons. The molecule has 1 aliphatic carbocycles. The van der Waals surface area contributed by atoms with Gasteiger partial charge >= 0.3 is 0 Å². The number of hydrogen-bond acceptors (Lipinski definition) is 2. The molecule has 0 amide bonds. The molecule has 0 fully saturated rings. The number of nitrogens with zero attached hydrogens (tertiary/aromatic N) is 1. The molecule has 0 saturated carbocycles. The van der Waals surface area contributed by atoms with E-state index in [-0.39, 0.29) is 21.1 Å². The van der Waals surface area contributed by atoms with Gasteiger partial charge in [-0.05, 0) is 59.3 Å². The van der Waals surface area contributed by atoms with E-state index in [0.29, 0.717) is 5.69 Å². The Morgan fingerprint density at radius 3 is 1.41 bits per heavy atom. The number of hydrogen-bond donors (Lipinski definition) is 1. The van der Waals surface area contributed by atoms with Crippen LogP contribution in [0, 0.1) is 6.07 Å². The summed E-state index contributed by atoms with van der Waals surface area (Å²) in [5.74, 6) is 0. The predicted octanol–water partition coefficient (Wildman–Crippen LogP) is 7.99. The van der Waals surface area contributed by atoms with Crippen molar-refractivity contribution in [3.63, 3.8) is 0 Å². The van der Waals surface area contributed by atoms with Gasteiger partial charge < -0.3 is 5.11 Å². The molecule has 1 aromatic heterocycles. The van der Waals surface area contributed by atoms with Crippen molar-refractivity contribution in [2.24, 2.45) is 0 Å². The molecule has 1 heterocycles. The number of aromatic nitrogens is 1. The van der Waals surface area contributed by atoms with Crippen molar-refractivity contribution < 1.29 is 26.2 Å². The monoisotopic (exact) mass is 792 g/mol. The number of fused-ring (bicyclic) bond motifs is 3. The van der Waals surface area contributed by atoms with Crippen LogP contribution in [-0.2, 0) is 26.7 Å². The molecule has 0 spiro atoms. The summed E-state index contributed by atoms with van der Waals surface area (Å²) in [6.45, 7) is 0. The van der Waals surface area contributed by atoms with E-state index < -0.39 is 13.5 Å². The summed E-state index contributed by atoms with van der Waals surface area (Å²) in [7, 11) is -0.877. The fourth-order valence-electron chi connectivity index (χ4n) is 6.14. The average Bonchev–Trinajstić information content (AvgIpc) is 3.40. The van der Waals surface area contributed by atoms with Crippen LogP contribution in [0.2, 0.25) is 0 Å². The molecule has 0 bridgehead atoms. The van der Waals surface area contributed by atoms with Gasteiger partial charge in [0.25, 0.3) is 0 Å². The second-order valence-corrected chi connectivity index (χ2v) is 13.4. The van der Waals surface area contributed by atoms with Crippen molar-refractivity contribution in [3.8, 4) is 22.4 Å². The van der Waals surface area contributed by atoms with Gasteiger partial charge in [0.15, 0.2) is 5.60 Å². The van der Waals surface area contributed by atoms with Gasteiger partial charge in [0.05, 0.1) is 13.6 Å². The number of rotatable bonds is 5. The summed E-state index contributed by atoms with van der Waals surface area (Å²) < 4.78 is 0. The SMILES string of the molecule is OC1(c2cccc(-c3[c-]cccc3)n2)c2ccccc2-c2ccccc21.[Pt].c1ccc([PH+](c2ccccc2)c2ccccc2)cc1. The van der Waals surface area contributed by atoms with Crippen LogP contribution in [-0.4, -0.2) is 10.1 Å². The summed E-state index contributed by atoms with van der Waals surface area (Å²) >= 11 is 0. The summed E-state index contributed by atoms with van der Waals surface area (Å²) in [4.78, 5) is 4.81. The largest absolute Gasteiger partial charge is 0.374 e. The molecule has 0 saturated heterocycles. The Morgan fingerprint density at radius 2 is 0.935 bits per heavy atom. The zero-order valence-corrected chi connectivity index (χ0v) is 28.3. The Kier molecular flexibility index (Phi) is 9.81. The van der Waals surface area contributed by atoms with Crippen molar-refractivity contribution in [2.45, 2.75) is 5.60 Å². The van der Waals surface area contributed by atoms with Crippen molar-refractivity contribution >= 4 is 23.8 Å². The average molecular weight is 793 g/mol. The van der Waals surface area contributed by atoms with Crippen molar-refractivity contribution in [3.05, 3.63) is 205 Å². The number of benzene rings is 6. The minimum Gasteiger partial charge on any atom is -0.374 e. The molecule has 0 atom stereocenters. The van der Waals surface area contributed by atoms with Gasteiger partial charge in [-0.25, -0.2) is 0 Å². The summed E-state index contributed by atoms with van der Waals surface area (Å²) in [6, 6.07) is 65.3. The summed E-state index contributed by atoms with van der Waals surface area (Å²) in [5.41, 5.74) is 4.97. The minimum absolute atomic E-state index is 0. The third kappa shape index (κ3) is 6.18. The maximum atomic E-state index is 11.9. The van der Waals surface area contributed by atoms with Crippen LogP contribution >= 0.6 is 7.92 Å². The summed E-state index contributed by atoms with van der Waals surface area (Å²) in [5, 5.41) is 16.2. The van der Waals surface area contributed by atoms with Gasteiger partial charge in [0, 0.05) is 32.2 Å². The predicted molar refractivity (Wildman–Crippen MR) is 189 cm³/mol. The molecule has 1 N–H and O–H groups in total. The van der Waals surface area contributed by atoms with E-state index in [2.05, 4.69) is 109 Å². The number of pyridine rings is 1. The molecule has 7 aromatic rings. The standard InChI is InChI=1S/C24H16NO.C18H15P.Pt/c26-24(23-16-8-15-22(25-23)17-9-2-1-3-10-17)20-13-6-4-11-18(20)19-12-5-7-14-21(19)24;1-4-10-16(11-5-1)19(17-12-6-2-7-13-17)18-14-8-3-9-15-18;/h1-9,11-16,26H;1-15H;/q-1;;/p+1. The Hall–Kier alpha value is -4.45. The van der Waals surface area contributed by atoms with Crippen LogP contribution in [0.25, 0.3) is 22.4 Å². The Balaban J connectivity index is 0.000000166. The quantitative estimate of drug-likeness (QED) is 0.142. The second kappa shape index (κ2) is 14.3. The van der Waals surface area contributed by atoms with Crippen LogP contribution in [0.15, 0.2) is 182 Å². The zero-order chi connectivity index (χ0) is 30.5. The van der Waals surface area contributed by atoms with Crippen LogP contribution in [0.4, 0.5) is 0 Å². The zero-order valence-electron chi connectivity index (χ0n) is 25.0. The van der Waals surface area contributed by atoms with Crippen LogP contribution in [0.1, 0.15) is 16.8 Å². The molecule has 6 aromatic carbocycles. The molecule has 1 aliphatic rings. The molecule has 46 heavy (non-hydrogen) atoms. The van der Waals surface area contributed by atoms with E-state index in [1.54, 1.807) is 0 Å². The first-order chi connectivity index (χ1) is 22.2. The fourth-order valence-corrected chi connectivity index (χ4v) is 8.72. The smallest absolute Gasteiger partial charge is 0.157 e.